The Morgan fingerprint density at radius 2 is 1.44 bits per heavy atom. The fraction of sp³-hybridized carbons (Fsp3) is 0.783. The molecule has 2 unspecified atom stereocenters. The summed E-state index contributed by atoms with van der Waals surface area (Å²) in [4.78, 5) is 11.9. The molecule has 0 saturated heterocycles. The lowest BCUT2D eigenvalue weighted by molar-refractivity contribution is -0.123. The molecule has 0 aromatic heterocycles. The van der Waals surface area contributed by atoms with Crippen LogP contribution in [-0.4, -0.2) is 34.9 Å². The highest BCUT2D eigenvalue weighted by Crippen LogP contribution is 2.07. The van der Waals surface area contributed by atoms with Gasteiger partial charge in [-0.25, -0.2) is 0 Å². The lowest BCUT2D eigenvalue weighted by atomic mass is 10.1. The minimum atomic E-state index is -0.850. The van der Waals surface area contributed by atoms with Crippen molar-refractivity contribution >= 4 is 5.91 Å². The Kier molecular flexibility index (Phi) is 18.8. The van der Waals surface area contributed by atoms with Crippen LogP contribution in [0.3, 0.4) is 0 Å². The van der Waals surface area contributed by atoms with Gasteiger partial charge in [0, 0.05) is 6.42 Å². The fourth-order valence-corrected chi connectivity index (χ4v) is 2.89. The summed E-state index contributed by atoms with van der Waals surface area (Å²) in [5.41, 5.74) is 0. The second-order valence-electron chi connectivity index (χ2n) is 7.34. The molecule has 0 aliphatic carbocycles. The van der Waals surface area contributed by atoms with E-state index in [2.05, 4.69) is 31.3 Å². The van der Waals surface area contributed by atoms with E-state index in [1.54, 1.807) is 6.08 Å². The fourth-order valence-electron chi connectivity index (χ4n) is 2.89. The van der Waals surface area contributed by atoms with Crippen LogP contribution in [0.1, 0.15) is 97.3 Å². The summed E-state index contributed by atoms with van der Waals surface area (Å²) in [7, 11) is 0. The summed E-state index contributed by atoms with van der Waals surface area (Å²) in [6, 6.07) is -0.626. The summed E-state index contributed by atoms with van der Waals surface area (Å²) >= 11 is 0. The van der Waals surface area contributed by atoms with E-state index in [9.17, 15) is 15.0 Å². The van der Waals surface area contributed by atoms with Crippen molar-refractivity contribution in [3.05, 3.63) is 24.3 Å². The van der Waals surface area contributed by atoms with E-state index in [0.717, 1.165) is 44.9 Å². The molecule has 0 aliphatic heterocycles. The number of hydrogen-bond acceptors (Lipinski definition) is 3. The third-order valence-electron chi connectivity index (χ3n) is 4.69. The van der Waals surface area contributed by atoms with Gasteiger partial charge in [0.25, 0.3) is 0 Å². The zero-order valence-corrected chi connectivity index (χ0v) is 17.7. The Labute approximate surface area is 167 Å². The summed E-state index contributed by atoms with van der Waals surface area (Å²) in [6.07, 6.45) is 21.3. The van der Waals surface area contributed by atoms with Crippen molar-refractivity contribution in [3.8, 4) is 0 Å². The predicted molar refractivity (Wildman–Crippen MR) is 115 cm³/mol. The SMILES string of the molecule is CCCCCCC/C=C/CC/C=C/C(O)C(CO)NC(=O)CCCCCC. The molecule has 4 nitrogen and oxygen atoms in total. The predicted octanol–water partition coefficient (Wildman–Crippen LogP) is 5.05. The van der Waals surface area contributed by atoms with Crippen LogP contribution in [-0.2, 0) is 4.79 Å². The number of amides is 1. The van der Waals surface area contributed by atoms with Crippen LogP contribution in [0.5, 0.6) is 0 Å². The topological polar surface area (TPSA) is 69.6 Å². The van der Waals surface area contributed by atoms with Gasteiger partial charge in [-0.15, -0.1) is 0 Å². The standard InChI is InChI=1S/C23H43NO3/c1-3-5-7-9-10-11-12-13-14-15-16-18-22(26)21(20-25)24-23(27)19-17-8-6-4-2/h12-13,16,18,21-22,25-26H,3-11,14-15,17,19-20H2,1-2H3,(H,24,27)/b13-12+,18-16+. The molecule has 0 aromatic rings. The molecule has 0 rings (SSSR count). The van der Waals surface area contributed by atoms with Crippen molar-refractivity contribution in [2.45, 2.75) is 109 Å². The van der Waals surface area contributed by atoms with E-state index in [1.807, 2.05) is 6.08 Å². The van der Waals surface area contributed by atoms with Crippen LogP contribution in [0.25, 0.3) is 0 Å². The first kappa shape index (κ1) is 25.9. The lowest BCUT2D eigenvalue weighted by Crippen LogP contribution is -2.45. The van der Waals surface area contributed by atoms with Crippen LogP contribution in [0, 0.1) is 0 Å². The molecule has 1 amide bonds. The van der Waals surface area contributed by atoms with Crippen molar-refractivity contribution < 1.29 is 15.0 Å². The van der Waals surface area contributed by atoms with E-state index < -0.39 is 12.1 Å². The Morgan fingerprint density at radius 1 is 0.852 bits per heavy atom. The molecule has 4 heteroatoms. The first-order valence-electron chi connectivity index (χ1n) is 11.1. The number of allylic oxidation sites excluding steroid dienone is 3. The molecule has 0 bridgehead atoms. The second kappa shape index (κ2) is 19.6. The third-order valence-corrected chi connectivity index (χ3v) is 4.69. The van der Waals surface area contributed by atoms with E-state index in [4.69, 9.17) is 0 Å². The van der Waals surface area contributed by atoms with Gasteiger partial charge in [0.1, 0.15) is 0 Å². The summed E-state index contributed by atoms with van der Waals surface area (Å²) < 4.78 is 0. The Bertz CT molecular complexity index is 393. The van der Waals surface area contributed by atoms with Gasteiger partial charge >= 0.3 is 0 Å². The highest BCUT2D eigenvalue weighted by atomic mass is 16.3. The van der Waals surface area contributed by atoms with Crippen molar-refractivity contribution in [1.82, 2.24) is 5.32 Å². The first-order valence-corrected chi connectivity index (χ1v) is 11.1. The average molecular weight is 382 g/mol. The van der Waals surface area contributed by atoms with Gasteiger partial charge in [0.05, 0.1) is 18.8 Å². The van der Waals surface area contributed by atoms with Crippen LogP contribution in [0.2, 0.25) is 0 Å². The van der Waals surface area contributed by atoms with Crippen molar-refractivity contribution in [3.63, 3.8) is 0 Å². The monoisotopic (exact) mass is 381 g/mol. The number of rotatable bonds is 18. The van der Waals surface area contributed by atoms with Gasteiger partial charge in [0.15, 0.2) is 0 Å². The molecule has 27 heavy (non-hydrogen) atoms. The van der Waals surface area contributed by atoms with E-state index in [-0.39, 0.29) is 12.5 Å². The van der Waals surface area contributed by atoms with Gasteiger partial charge in [0.2, 0.25) is 5.91 Å². The Morgan fingerprint density at radius 3 is 2.11 bits per heavy atom. The molecule has 0 aromatic carbocycles. The minimum absolute atomic E-state index is 0.0977. The average Bonchev–Trinajstić information content (AvgIpc) is 2.67. The lowest BCUT2D eigenvalue weighted by Gasteiger charge is -2.19. The molecule has 0 heterocycles. The maximum absolute atomic E-state index is 11.9. The van der Waals surface area contributed by atoms with Gasteiger partial charge in [-0.05, 0) is 32.1 Å². The zero-order valence-electron chi connectivity index (χ0n) is 17.7. The molecule has 0 saturated carbocycles. The summed E-state index contributed by atoms with van der Waals surface area (Å²) in [6.45, 7) is 4.11. The zero-order chi connectivity index (χ0) is 20.2. The largest absolute Gasteiger partial charge is 0.394 e. The van der Waals surface area contributed by atoms with Crippen LogP contribution in [0.15, 0.2) is 24.3 Å². The number of unbranched alkanes of at least 4 members (excludes halogenated alkanes) is 9. The molecular weight excluding hydrogens is 338 g/mol. The minimum Gasteiger partial charge on any atom is -0.394 e. The highest BCUT2D eigenvalue weighted by Gasteiger charge is 2.17. The summed E-state index contributed by atoms with van der Waals surface area (Å²) in [5.74, 6) is -0.0977. The second-order valence-corrected chi connectivity index (χ2v) is 7.34. The molecule has 0 aliphatic rings. The number of hydrogen-bond donors (Lipinski definition) is 3. The Balaban J connectivity index is 3.87. The molecule has 0 fully saturated rings. The highest BCUT2D eigenvalue weighted by molar-refractivity contribution is 5.76. The van der Waals surface area contributed by atoms with Crippen LogP contribution >= 0.6 is 0 Å². The van der Waals surface area contributed by atoms with Crippen molar-refractivity contribution in [2.24, 2.45) is 0 Å². The van der Waals surface area contributed by atoms with E-state index >= 15 is 0 Å². The van der Waals surface area contributed by atoms with Gasteiger partial charge in [-0.1, -0.05) is 83.1 Å². The molecule has 2 atom stereocenters. The first-order chi connectivity index (χ1) is 13.2. The van der Waals surface area contributed by atoms with Gasteiger partial charge in [-0.2, -0.15) is 0 Å². The molecule has 0 spiro atoms. The molecule has 158 valence electrons. The van der Waals surface area contributed by atoms with Gasteiger partial charge < -0.3 is 15.5 Å². The summed E-state index contributed by atoms with van der Waals surface area (Å²) in [5, 5.41) is 22.3. The number of carbonyl (C=O) groups is 1. The van der Waals surface area contributed by atoms with E-state index in [1.165, 1.54) is 32.1 Å². The molecule has 3 N–H and O–H groups in total. The number of aliphatic hydroxyl groups excluding tert-OH is 2. The molecule has 0 radical (unpaired) electrons. The molecular formula is C23H43NO3. The van der Waals surface area contributed by atoms with Crippen molar-refractivity contribution in [1.29, 1.82) is 0 Å². The maximum atomic E-state index is 11.9. The smallest absolute Gasteiger partial charge is 0.220 e. The normalized spacial score (nSPS) is 14.1. The quantitative estimate of drug-likeness (QED) is 0.230. The van der Waals surface area contributed by atoms with Crippen LogP contribution < -0.4 is 5.32 Å². The van der Waals surface area contributed by atoms with Gasteiger partial charge in [-0.3, -0.25) is 4.79 Å². The number of carbonyl (C=O) groups excluding carboxylic acids is 1. The third kappa shape index (κ3) is 16.7. The maximum Gasteiger partial charge on any atom is 0.220 e. The van der Waals surface area contributed by atoms with E-state index in [0.29, 0.717) is 6.42 Å². The van der Waals surface area contributed by atoms with Crippen molar-refractivity contribution in [2.75, 3.05) is 6.61 Å². The number of nitrogens with one attached hydrogen (secondary N) is 1. The Hall–Kier alpha value is -1.13. The number of aliphatic hydroxyl groups is 2. The van der Waals surface area contributed by atoms with Crippen LogP contribution in [0.4, 0.5) is 0 Å².